The summed E-state index contributed by atoms with van der Waals surface area (Å²) in [5.41, 5.74) is 10.2. The van der Waals surface area contributed by atoms with Gasteiger partial charge in [-0.1, -0.05) is 6.07 Å². The first-order valence-corrected chi connectivity index (χ1v) is 6.98. The van der Waals surface area contributed by atoms with Crippen molar-refractivity contribution >= 4 is 11.4 Å². The second-order valence-corrected chi connectivity index (χ2v) is 5.18. The molecule has 0 saturated heterocycles. The number of benzene rings is 1. The van der Waals surface area contributed by atoms with Gasteiger partial charge >= 0.3 is 0 Å². The Labute approximate surface area is 126 Å². The normalized spacial score (nSPS) is 17.0. The first-order chi connectivity index (χ1) is 10.8. The number of amides is 1. The highest BCUT2D eigenvalue weighted by Crippen LogP contribution is 2.32. The topological polar surface area (TPSA) is 85.1 Å². The van der Waals surface area contributed by atoms with Gasteiger partial charge in [-0.3, -0.25) is 4.79 Å². The van der Waals surface area contributed by atoms with Crippen molar-refractivity contribution in [1.82, 2.24) is 9.38 Å². The third-order valence-electron chi connectivity index (χ3n) is 3.91. The third kappa shape index (κ3) is 1.85. The van der Waals surface area contributed by atoms with E-state index >= 15 is 0 Å². The standard InChI is InChI=1S/C16H13N5O/c17-7-14-12-6-10(3-4-11(12)16(22)20-19-14)13-8-18-9-21-5-1-2-15(13)21/h1-6,8-9,14H,7,17H2. The quantitative estimate of drug-likeness (QED) is 0.787. The van der Waals surface area contributed by atoms with Gasteiger partial charge in [-0.05, 0) is 35.4 Å². The Morgan fingerprint density at radius 3 is 3.00 bits per heavy atom. The number of carbonyl (C=O) groups is 1. The number of carbonyl (C=O) groups excluding carboxylic acids is 1. The van der Waals surface area contributed by atoms with E-state index in [2.05, 4.69) is 15.2 Å². The van der Waals surface area contributed by atoms with Crippen molar-refractivity contribution in [2.75, 3.05) is 6.54 Å². The van der Waals surface area contributed by atoms with Gasteiger partial charge in [-0.15, -0.1) is 5.11 Å². The lowest BCUT2D eigenvalue weighted by Gasteiger charge is -2.18. The summed E-state index contributed by atoms with van der Waals surface area (Å²) in [6.45, 7) is 0.320. The van der Waals surface area contributed by atoms with E-state index in [-0.39, 0.29) is 11.9 Å². The Morgan fingerprint density at radius 1 is 1.23 bits per heavy atom. The van der Waals surface area contributed by atoms with Gasteiger partial charge in [0.15, 0.2) is 0 Å². The highest BCUT2D eigenvalue weighted by Gasteiger charge is 2.23. The SMILES string of the molecule is NCC1N=NC(=O)c2ccc(-c3cncn4cccc34)cc21. The van der Waals surface area contributed by atoms with Gasteiger partial charge in [0.2, 0.25) is 0 Å². The average molecular weight is 291 g/mol. The summed E-state index contributed by atoms with van der Waals surface area (Å²) in [6.07, 6.45) is 5.53. The van der Waals surface area contributed by atoms with E-state index in [1.807, 2.05) is 41.1 Å². The highest BCUT2D eigenvalue weighted by molar-refractivity contribution is 5.98. The van der Waals surface area contributed by atoms with Crippen LogP contribution in [0.3, 0.4) is 0 Å². The van der Waals surface area contributed by atoms with Crippen LogP contribution in [0.4, 0.5) is 0 Å². The van der Waals surface area contributed by atoms with Gasteiger partial charge in [0.1, 0.15) is 6.04 Å². The van der Waals surface area contributed by atoms with Crippen LogP contribution in [0, 0.1) is 0 Å². The molecule has 108 valence electrons. The van der Waals surface area contributed by atoms with E-state index in [1.54, 1.807) is 12.4 Å². The van der Waals surface area contributed by atoms with Crippen LogP contribution in [-0.4, -0.2) is 21.8 Å². The second kappa shape index (κ2) is 4.85. The monoisotopic (exact) mass is 291 g/mol. The van der Waals surface area contributed by atoms with Gasteiger partial charge < -0.3 is 10.1 Å². The van der Waals surface area contributed by atoms with Crippen molar-refractivity contribution < 1.29 is 4.79 Å². The van der Waals surface area contributed by atoms with Crippen LogP contribution < -0.4 is 5.73 Å². The van der Waals surface area contributed by atoms with Crippen molar-refractivity contribution in [3.05, 3.63) is 60.2 Å². The minimum Gasteiger partial charge on any atom is -0.328 e. The Bertz CT molecular complexity index is 912. The zero-order valence-electron chi connectivity index (χ0n) is 11.7. The molecule has 4 rings (SSSR count). The maximum Gasteiger partial charge on any atom is 0.295 e. The zero-order valence-corrected chi connectivity index (χ0v) is 11.7. The van der Waals surface area contributed by atoms with Gasteiger partial charge in [0, 0.05) is 30.1 Å². The zero-order chi connectivity index (χ0) is 15.1. The molecule has 1 aromatic carbocycles. The Morgan fingerprint density at radius 2 is 2.14 bits per heavy atom. The molecule has 0 aliphatic carbocycles. The first-order valence-electron chi connectivity index (χ1n) is 6.98. The Kier molecular flexibility index (Phi) is 2.83. The van der Waals surface area contributed by atoms with E-state index in [0.29, 0.717) is 12.1 Å². The van der Waals surface area contributed by atoms with Crippen LogP contribution in [0.15, 0.2) is 59.3 Å². The summed E-state index contributed by atoms with van der Waals surface area (Å²) in [5, 5.41) is 7.64. The van der Waals surface area contributed by atoms with Crippen LogP contribution >= 0.6 is 0 Å². The number of rotatable bonds is 2. The van der Waals surface area contributed by atoms with Gasteiger partial charge in [-0.2, -0.15) is 5.11 Å². The van der Waals surface area contributed by atoms with Crippen LogP contribution in [0.25, 0.3) is 16.6 Å². The van der Waals surface area contributed by atoms with Gasteiger partial charge in [-0.25, -0.2) is 4.98 Å². The molecule has 0 saturated carbocycles. The molecule has 1 aliphatic heterocycles. The number of fused-ring (bicyclic) bond motifs is 2. The van der Waals surface area contributed by atoms with Crippen molar-refractivity contribution in [3.8, 4) is 11.1 Å². The molecule has 2 aromatic heterocycles. The summed E-state index contributed by atoms with van der Waals surface area (Å²) >= 11 is 0. The van der Waals surface area contributed by atoms with Gasteiger partial charge in [0.25, 0.3) is 5.91 Å². The third-order valence-corrected chi connectivity index (χ3v) is 3.91. The lowest BCUT2D eigenvalue weighted by atomic mass is 9.94. The van der Waals surface area contributed by atoms with Crippen molar-refractivity contribution in [3.63, 3.8) is 0 Å². The maximum absolute atomic E-state index is 11.8. The molecule has 1 atom stereocenters. The van der Waals surface area contributed by atoms with Crippen LogP contribution in [0.5, 0.6) is 0 Å². The number of hydrogen-bond donors (Lipinski definition) is 1. The summed E-state index contributed by atoms with van der Waals surface area (Å²) < 4.78 is 1.96. The molecule has 3 heterocycles. The molecule has 0 spiro atoms. The maximum atomic E-state index is 11.8. The van der Waals surface area contributed by atoms with Crippen LogP contribution in [0.1, 0.15) is 22.0 Å². The van der Waals surface area contributed by atoms with E-state index in [4.69, 9.17) is 5.73 Å². The smallest absolute Gasteiger partial charge is 0.295 e. The summed E-state index contributed by atoms with van der Waals surface area (Å²) in [4.78, 5) is 16.1. The fourth-order valence-electron chi connectivity index (χ4n) is 2.80. The number of azo groups is 1. The fourth-order valence-corrected chi connectivity index (χ4v) is 2.80. The lowest BCUT2D eigenvalue weighted by Crippen LogP contribution is -2.17. The predicted molar refractivity (Wildman–Crippen MR) is 81.6 cm³/mol. The highest BCUT2D eigenvalue weighted by atomic mass is 16.1. The van der Waals surface area contributed by atoms with Crippen LogP contribution in [0.2, 0.25) is 0 Å². The van der Waals surface area contributed by atoms with E-state index in [9.17, 15) is 4.79 Å². The minimum absolute atomic E-state index is 0.271. The molecule has 1 aliphatic rings. The lowest BCUT2D eigenvalue weighted by molar-refractivity contribution is 0.0985. The molecule has 6 heteroatoms. The largest absolute Gasteiger partial charge is 0.328 e. The second-order valence-electron chi connectivity index (χ2n) is 5.18. The van der Waals surface area contributed by atoms with Crippen molar-refractivity contribution in [2.24, 2.45) is 16.0 Å². The average Bonchev–Trinajstić information content (AvgIpc) is 3.03. The summed E-state index contributed by atoms with van der Waals surface area (Å²) in [7, 11) is 0. The van der Waals surface area contributed by atoms with E-state index < -0.39 is 0 Å². The predicted octanol–water partition coefficient (Wildman–Crippen LogP) is 2.61. The molecule has 0 radical (unpaired) electrons. The molecule has 1 unspecified atom stereocenters. The number of nitrogens with zero attached hydrogens (tertiary/aromatic N) is 4. The number of nitrogens with two attached hydrogens (primary N) is 1. The Hall–Kier alpha value is -2.86. The molecule has 6 nitrogen and oxygen atoms in total. The molecular formula is C16H13N5O. The molecule has 2 N–H and O–H groups in total. The molecular weight excluding hydrogens is 278 g/mol. The summed E-state index contributed by atoms with van der Waals surface area (Å²) in [5.74, 6) is -0.315. The molecule has 0 fully saturated rings. The van der Waals surface area contributed by atoms with Crippen molar-refractivity contribution in [2.45, 2.75) is 6.04 Å². The van der Waals surface area contributed by atoms with Crippen molar-refractivity contribution in [1.29, 1.82) is 0 Å². The molecule has 0 bridgehead atoms. The minimum atomic E-state index is -0.315. The first kappa shape index (κ1) is 12.8. The van der Waals surface area contributed by atoms with E-state index in [1.165, 1.54) is 0 Å². The fraction of sp³-hybridized carbons (Fsp3) is 0.125. The number of aromatic nitrogens is 2. The molecule has 1 amide bonds. The van der Waals surface area contributed by atoms with Crippen LogP contribution in [-0.2, 0) is 0 Å². The Balaban J connectivity index is 1.92. The molecule has 22 heavy (non-hydrogen) atoms. The molecule has 3 aromatic rings. The number of hydrogen-bond acceptors (Lipinski definition) is 4. The summed E-state index contributed by atoms with van der Waals surface area (Å²) in [6, 6.07) is 9.40. The van der Waals surface area contributed by atoms with E-state index in [0.717, 1.165) is 22.2 Å². The van der Waals surface area contributed by atoms with Gasteiger partial charge in [0.05, 0.1) is 11.8 Å².